The van der Waals surface area contributed by atoms with Crippen LogP contribution in [0.1, 0.15) is 54.2 Å². The number of fused-ring (bicyclic) bond motifs is 1. The molecule has 2 amide bonds. The molecule has 3 aliphatic rings. The number of anilines is 1. The number of aryl methyl sites for hydroxylation is 1. The molecule has 1 fully saturated rings. The lowest BCUT2D eigenvalue weighted by Gasteiger charge is -2.38. The molecule has 0 saturated heterocycles. The van der Waals surface area contributed by atoms with Gasteiger partial charge in [0.15, 0.2) is 0 Å². The molecule has 200 valence electrons. The van der Waals surface area contributed by atoms with E-state index in [1.807, 2.05) is 31.2 Å². The summed E-state index contributed by atoms with van der Waals surface area (Å²) in [4.78, 5) is 31.8. The SMILES string of the molecule is CC1=NCC(C)=C1c1ccc(NC(=O)[C@@H](NC(=O)c2ccnn2C)C2c3ccc(F)cc3OCC23CC3)cc1. The fraction of sp³-hybridized carbons (Fsp3) is 0.333. The monoisotopic (exact) mass is 527 g/mol. The van der Waals surface area contributed by atoms with E-state index >= 15 is 0 Å². The second-order valence-corrected chi connectivity index (χ2v) is 10.7. The summed E-state index contributed by atoms with van der Waals surface area (Å²) in [5.41, 5.74) is 5.77. The van der Waals surface area contributed by atoms with Gasteiger partial charge in [0.1, 0.15) is 23.3 Å². The number of halogens is 1. The molecule has 2 atom stereocenters. The van der Waals surface area contributed by atoms with Crippen LogP contribution in [0.3, 0.4) is 0 Å². The third-order valence-corrected chi connectivity index (χ3v) is 8.12. The highest BCUT2D eigenvalue weighted by Crippen LogP contribution is 2.61. The Morgan fingerprint density at radius 1 is 1.13 bits per heavy atom. The first kappa shape index (κ1) is 25.0. The van der Waals surface area contributed by atoms with E-state index in [0.717, 1.165) is 35.3 Å². The second kappa shape index (κ2) is 9.48. The van der Waals surface area contributed by atoms with Gasteiger partial charge in [0.2, 0.25) is 5.91 Å². The summed E-state index contributed by atoms with van der Waals surface area (Å²) in [5.74, 6) is -1.14. The molecular weight excluding hydrogens is 497 g/mol. The first-order valence-electron chi connectivity index (χ1n) is 13.1. The van der Waals surface area contributed by atoms with Crippen LogP contribution < -0.4 is 15.4 Å². The van der Waals surface area contributed by atoms with Gasteiger partial charge in [-0.25, -0.2) is 4.39 Å². The molecule has 1 saturated carbocycles. The highest BCUT2D eigenvalue weighted by molar-refractivity contribution is 6.25. The Bertz CT molecular complexity index is 1530. The van der Waals surface area contributed by atoms with Crippen LogP contribution in [-0.2, 0) is 11.8 Å². The number of aliphatic imine (C=N–C) groups is 1. The van der Waals surface area contributed by atoms with Gasteiger partial charge in [-0.3, -0.25) is 19.3 Å². The number of nitrogens with one attached hydrogen (secondary N) is 2. The van der Waals surface area contributed by atoms with Crippen molar-refractivity contribution in [3.05, 3.63) is 82.9 Å². The molecule has 2 aromatic carbocycles. The Labute approximate surface area is 226 Å². The largest absolute Gasteiger partial charge is 0.493 e. The molecule has 2 aliphatic heterocycles. The zero-order valence-corrected chi connectivity index (χ0v) is 22.1. The quantitative estimate of drug-likeness (QED) is 0.493. The van der Waals surface area contributed by atoms with Gasteiger partial charge in [0.25, 0.3) is 5.91 Å². The van der Waals surface area contributed by atoms with Crippen LogP contribution in [0.15, 0.2) is 65.3 Å². The Balaban J connectivity index is 1.33. The molecule has 1 aliphatic carbocycles. The summed E-state index contributed by atoms with van der Waals surface area (Å²) in [6, 6.07) is 12.7. The second-order valence-electron chi connectivity index (χ2n) is 10.7. The summed E-state index contributed by atoms with van der Waals surface area (Å²) in [6.45, 7) is 5.15. The van der Waals surface area contributed by atoms with Crippen molar-refractivity contribution >= 4 is 28.8 Å². The summed E-state index contributed by atoms with van der Waals surface area (Å²) < 4.78 is 21.5. The van der Waals surface area contributed by atoms with Gasteiger partial charge >= 0.3 is 0 Å². The summed E-state index contributed by atoms with van der Waals surface area (Å²) in [7, 11) is 1.67. The third kappa shape index (κ3) is 4.51. The number of hydrogen-bond donors (Lipinski definition) is 2. The fourth-order valence-electron chi connectivity index (χ4n) is 5.89. The summed E-state index contributed by atoms with van der Waals surface area (Å²) >= 11 is 0. The van der Waals surface area contributed by atoms with E-state index in [0.29, 0.717) is 30.3 Å². The van der Waals surface area contributed by atoms with Crippen LogP contribution >= 0.6 is 0 Å². The van der Waals surface area contributed by atoms with Gasteiger partial charge < -0.3 is 15.4 Å². The number of nitrogens with zero attached hydrogens (tertiary/aromatic N) is 3. The van der Waals surface area contributed by atoms with E-state index < -0.39 is 17.8 Å². The zero-order chi connectivity index (χ0) is 27.3. The van der Waals surface area contributed by atoms with Gasteiger partial charge in [-0.2, -0.15) is 5.10 Å². The minimum atomic E-state index is -0.920. The maximum absolute atomic E-state index is 14.1. The first-order chi connectivity index (χ1) is 18.8. The third-order valence-electron chi connectivity index (χ3n) is 8.12. The molecule has 39 heavy (non-hydrogen) atoms. The summed E-state index contributed by atoms with van der Waals surface area (Å²) in [6.07, 6.45) is 3.24. The van der Waals surface area contributed by atoms with Crippen molar-refractivity contribution in [2.75, 3.05) is 18.5 Å². The molecule has 1 aromatic heterocycles. The van der Waals surface area contributed by atoms with Crippen molar-refractivity contribution in [2.45, 2.75) is 38.6 Å². The molecule has 2 N–H and O–H groups in total. The standard InChI is InChI=1S/C30H30FN5O3/c1-17-15-32-18(2)25(17)19-4-7-21(8-5-19)34-29(38)27(35-28(37)23-10-13-33-36(23)3)26-22-9-6-20(31)14-24(22)39-16-30(26)11-12-30/h4-10,13-14,26-27H,11-12,15-16H2,1-3H3,(H,34,38)(H,35,37)/t26?,27-/m0/s1. The number of aromatic nitrogens is 2. The number of amides is 2. The van der Waals surface area contributed by atoms with Gasteiger partial charge in [-0.1, -0.05) is 18.2 Å². The highest BCUT2D eigenvalue weighted by Gasteiger charge is 2.58. The Morgan fingerprint density at radius 2 is 1.90 bits per heavy atom. The van der Waals surface area contributed by atoms with Gasteiger partial charge in [0, 0.05) is 53.2 Å². The van der Waals surface area contributed by atoms with Crippen LogP contribution in [0.5, 0.6) is 5.75 Å². The Hall–Kier alpha value is -4.27. The minimum absolute atomic E-state index is 0.306. The molecule has 1 unspecified atom stereocenters. The maximum atomic E-state index is 14.1. The van der Waals surface area contributed by atoms with E-state index in [9.17, 15) is 14.0 Å². The Kier molecular flexibility index (Phi) is 6.09. The smallest absolute Gasteiger partial charge is 0.270 e. The molecule has 6 rings (SSSR count). The molecule has 9 heteroatoms. The average Bonchev–Trinajstić information content (AvgIpc) is 3.42. The lowest BCUT2D eigenvalue weighted by atomic mass is 9.76. The first-order valence-corrected chi connectivity index (χ1v) is 13.1. The van der Waals surface area contributed by atoms with Crippen molar-refractivity contribution in [1.82, 2.24) is 15.1 Å². The molecule has 3 heterocycles. The van der Waals surface area contributed by atoms with Crippen molar-refractivity contribution in [2.24, 2.45) is 17.5 Å². The number of carbonyl (C=O) groups is 2. The fourth-order valence-corrected chi connectivity index (χ4v) is 5.89. The van der Waals surface area contributed by atoms with Crippen LogP contribution in [0, 0.1) is 11.2 Å². The normalized spacial score (nSPS) is 19.7. The predicted octanol–water partition coefficient (Wildman–Crippen LogP) is 4.50. The van der Waals surface area contributed by atoms with Crippen LogP contribution in [0.25, 0.3) is 5.57 Å². The van der Waals surface area contributed by atoms with E-state index in [1.54, 1.807) is 19.2 Å². The van der Waals surface area contributed by atoms with Crippen molar-refractivity contribution in [3.63, 3.8) is 0 Å². The number of hydrogen-bond acceptors (Lipinski definition) is 5. The van der Waals surface area contributed by atoms with E-state index in [-0.39, 0.29) is 17.2 Å². The number of ether oxygens (including phenoxy) is 1. The molecule has 0 radical (unpaired) electrons. The molecule has 3 aromatic rings. The van der Waals surface area contributed by atoms with Crippen molar-refractivity contribution in [3.8, 4) is 5.75 Å². The van der Waals surface area contributed by atoms with Crippen LogP contribution in [0.2, 0.25) is 0 Å². The molecule has 1 spiro atoms. The van der Waals surface area contributed by atoms with Gasteiger partial charge in [-0.15, -0.1) is 0 Å². The lowest BCUT2D eigenvalue weighted by Crippen LogP contribution is -2.52. The predicted molar refractivity (Wildman–Crippen MR) is 146 cm³/mol. The Morgan fingerprint density at radius 3 is 2.54 bits per heavy atom. The zero-order valence-electron chi connectivity index (χ0n) is 22.1. The van der Waals surface area contributed by atoms with Gasteiger partial charge in [0.05, 0.1) is 13.2 Å². The number of allylic oxidation sites excluding steroid dienone is 1. The van der Waals surface area contributed by atoms with Crippen molar-refractivity contribution in [1.29, 1.82) is 0 Å². The van der Waals surface area contributed by atoms with Gasteiger partial charge in [-0.05, 0) is 62.1 Å². The van der Waals surface area contributed by atoms with E-state index in [1.165, 1.54) is 28.6 Å². The number of rotatable bonds is 6. The molecular formula is C30H30FN5O3. The molecule has 0 bridgehead atoms. The topological polar surface area (TPSA) is 97.6 Å². The number of benzene rings is 2. The molecule has 8 nitrogen and oxygen atoms in total. The van der Waals surface area contributed by atoms with E-state index in [4.69, 9.17) is 4.74 Å². The minimum Gasteiger partial charge on any atom is -0.493 e. The van der Waals surface area contributed by atoms with Crippen molar-refractivity contribution < 1.29 is 18.7 Å². The average molecular weight is 528 g/mol. The van der Waals surface area contributed by atoms with Crippen LogP contribution in [0.4, 0.5) is 10.1 Å². The van der Waals surface area contributed by atoms with Crippen LogP contribution in [-0.4, -0.2) is 46.5 Å². The lowest BCUT2D eigenvalue weighted by molar-refractivity contribution is -0.119. The maximum Gasteiger partial charge on any atom is 0.270 e. The highest BCUT2D eigenvalue weighted by atomic mass is 19.1. The summed E-state index contributed by atoms with van der Waals surface area (Å²) in [5, 5.41) is 10.1. The van der Waals surface area contributed by atoms with E-state index in [2.05, 4.69) is 27.6 Å². The number of carbonyl (C=O) groups excluding carboxylic acids is 2.